The summed E-state index contributed by atoms with van der Waals surface area (Å²) in [6.45, 7) is 2.44. The molecule has 1 N–H and O–H groups in total. The number of hydrogen-bond acceptors (Lipinski definition) is 7. The quantitative estimate of drug-likeness (QED) is 0.681. The summed E-state index contributed by atoms with van der Waals surface area (Å²) in [5, 5.41) is 7.05. The Balaban J connectivity index is 1.43. The molecule has 3 atom stereocenters. The van der Waals surface area contributed by atoms with Gasteiger partial charge in [-0.05, 0) is 49.8 Å². The van der Waals surface area contributed by atoms with Crippen molar-refractivity contribution in [3.8, 4) is 5.75 Å². The van der Waals surface area contributed by atoms with E-state index in [1.807, 2.05) is 24.3 Å². The lowest BCUT2D eigenvalue weighted by atomic mass is 9.80. The number of carbonyl (C=O) groups is 1. The molecule has 2 aliphatic rings. The number of sulfonamides is 1. The van der Waals surface area contributed by atoms with Crippen LogP contribution in [0.1, 0.15) is 36.5 Å². The van der Waals surface area contributed by atoms with E-state index in [1.54, 1.807) is 14.0 Å². The molecule has 0 radical (unpaired) electrons. The molecule has 1 aromatic carbocycles. The van der Waals surface area contributed by atoms with E-state index in [-0.39, 0.29) is 17.9 Å². The first-order chi connectivity index (χ1) is 14.7. The molecule has 4 rings (SSSR count). The molecule has 1 saturated heterocycles. The summed E-state index contributed by atoms with van der Waals surface area (Å²) in [5.41, 5.74) is 0.481. The summed E-state index contributed by atoms with van der Waals surface area (Å²) in [6.07, 6.45) is 3.47. The van der Waals surface area contributed by atoms with E-state index in [0.717, 1.165) is 11.3 Å². The molecule has 1 aliphatic heterocycles. The maximum Gasteiger partial charge on any atom is 0.234 e. The van der Waals surface area contributed by atoms with Crippen molar-refractivity contribution in [1.82, 2.24) is 19.8 Å². The first-order valence-electron chi connectivity index (χ1n) is 10.4. The van der Waals surface area contributed by atoms with Crippen molar-refractivity contribution < 1.29 is 22.5 Å². The van der Waals surface area contributed by atoms with Gasteiger partial charge >= 0.3 is 0 Å². The molecule has 31 heavy (non-hydrogen) atoms. The average Bonchev–Trinajstić information content (AvgIpc) is 3.39. The zero-order valence-corrected chi connectivity index (χ0v) is 18.8. The van der Waals surface area contributed by atoms with Gasteiger partial charge in [-0.1, -0.05) is 17.3 Å². The molecule has 1 saturated carbocycles. The molecule has 168 valence electrons. The van der Waals surface area contributed by atoms with Gasteiger partial charge in [0.2, 0.25) is 21.8 Å². The number of rotatable bonds is 7. The van der Waals surface area contributed by atoms with Gasteiger partial charge in [0.1, 0.15) is 5.75 Å². The van der Waals surface area contributed by atoms with Crippen LogP contribution in [0.5, 0.6) is 5.75 Å². The third-order valence-corrected chi connectivity index (χ3v) is 7.62. The molecule has 0 bridgehead atoms. The molecule has 2 fully saturated rings. The Morgan fingerprint density at radius 3 is 2.90 bits per heavy atom. The van der Waals surface area contributed by atoms with Crippen LogP contribution in [-0.4, -0.2) is 61.3 Å². The van der Waals surface area contributed by atoms with Crippen LogP contribution in [0.3, 0.4) is 0 Å². The Morgan fingerprint density at radius 1 is 1.42 bits per heavy atom. The zero-order chi connectivity index (χ0) is 22.2. The number of aryl methyl sites for hydroxylation is 2. The van der Waals surface area contributed by atoms with Crippen molar-refractivity contribution >= 4 is 15.9 Å². The SMILES string of the molecule is COc1cccc(CCC(=O)N[C@@H]2CC3CN(S(C)(=O)=O)C[C@@]3(c3nc(C)no3)C2)c1. The first-order valence-corrected chi connectivity index (χ1v) is 12.2. The maximum absolute atomic E-state index is 12.6. The lowest BCUT2D eigenvalue weighted by molar-refractivity contribution is -0.121. The predicted molar refractivity (Wildman–Crippen MR) is 113 cm³/mol. The fourth-order valence-corrected chi connectivity index (χ4v) is 5.82. The fourth-order valence-electron chi connectivity index (χ4n) is 4.90. The number of fused-ring (bicyclic) bond motifs is 1. The lowest BCUT2D eigenvalue weighted by Gasteiger charge is -2.24. The molecule has 2 aromatic rings. The zero-order valence-electron chi connectivity index (χ0n) is 18.0. The molecule has 9 nitrogen and oxygen atoms in total. The van der Waals surface area contributed by atoms with Crippen LogP contribution in [0.15, 0.2) is 28.8 Å². The average molecular weight is 449 g/mol. The van der Waals surface area contributed by atoms with Crippen LogP contribution in [0.2, 0.25) is 0 Å². The number of hydrogen-bond donors (Lipinski definition) is 1. The van der Waals surface area contributed by atoms with E-state index in [1.165, 1.54) is 10.6 Å². The number of benzene rings is 1. The molecule has 1 aromatic heterocycles. The minimum atomic E-state index is -3.32. The molecular formula is C21H28N4O5S. The van der Waals surface area contributed by atoms with Gasteiger partial charge in [0.05, 0.1) is 18.8 Å². The van der Waals surface area contributed by atoms with Gasteiger partial charge in [0.25, 0.3) is 0 Å². The number of carbonyl (C=O) groups excluding carboxylic acids is 1. The summed E-state index contributed by atoms with van der Waals surface area (Å²) in [6, 6.07) is 7.63. The second-order valence-corrected chi connectivity index (χ2v) is 10.6. The molecule has 2 heterocycles. The van der Waals surface area contributed by atoms with Crippen LogP contribution in [0.4, 0.5) is 0 Å². The van der Waals surface area contributed by atoms with Gasteiger partial charge in [0, 0.05) is 25.6 Å². The van der Waals surface area contributed by atoms with E-state index in [4.69, 9.17) is 9.26 Å². The van der Waals surface area contributed by atoms with E-state index in [9.17, 15) is 13.2 Å². The Hall–Kier alpha value is -2.46. The van der Waals surface area contributed by atoms with Crippen LogP contribution >= 0.6 is 0 Å². The molecule has 1 aliphatic carbocycles. The number of nitrogens with one attached hydrogen (secondary N) is 1. The Labute approximate surface area is 182 Å². The fraction of sp³-hybridized carbons (Fsp3) is 0.571. The van der Waals surface area contributed by atoms with Gasteiger partial charge in [0.15, 0.2) is 5.82 Å². The normalized spacial score (nSPS) is 26.0. The van der Waals surface area contributed by atoms with E-state index < -0.39 is 15.4 Å². The third kappa shape index (κ3) is 4.45. The molecule has 0 spiro atoms. The molecular weight excluding hydrogens is 420 g/mol. The highest BCUT2D eigenvalue weighted by Gasteiger charge is 2.58. The molecule has 10 heteroatoms. The van der Waals surface area contributed by atoms with Crippen molar-refractivity contribution in [3.05, 3.63) is 41.5 Å². The number of aromatic nitrogens is 2. The third-order valence-electron chi connectivity index (χ3n) is 6.41. The summed E-state index contributed by atoms with van der Waals surface area (Å²) in [4.78, 5) is 17.0. The second kappa shape index (κ2) is 8.23. The van der Waals surface area contributed by atoms with E-state index >= 15 is 0 Å². The van der Waals surface area contributed by atoms with Crippen molar-refractivity contribution in [2.45, 2.75) is 44.1 Å². The maximum atomic E-state index is 12.6. The van der Waals surface area contributed by atoms with Crippen molar-refractivity contribution in [1.29, 1.82) is 0 Å². The van der Waals surface area contributed by atoms with Crippen molar-refractivity contribution in [2.24, 2.45) is 5.92 Å². The Bertz CT molecular complexity index is 1070. The van der Waals surface area contributed by atoms with Crippen molar-refractivity contribution in [3.63, 3.8) is 0 Å². The summed E-state index contributed by atoms with van der Waals surface area (Å²) < 4.78 is 36.5. The summed E-state index contributed by atoms with van der Waals surface area (Å²) in [7, 11) is -1.70. The summed E-state index contributed by atoms with van der Waals surface area (Å²) in [5.74, 6) is 1.75. The van der Waals surface area contributed by atoms with Crippen LogP contribution in [-0.2, 0) is 26.7 Å². The molecule has 1 unspecified atom stereocenters. The minimum absolute atomic E-state index is 0.0192. The number of ether oxygens (including phenoxy) is 1. The van der Waals surface area contributed by atoms with Crippen LogP contribution < -0.4 is 10.1 Å². The Kier molecular flexibility index (Phi) is 5.78. The number of methoxy groups -OCH3 is 1. The minimum Gasteiger partial charge on any atom is -0.497 e. The van der Waals surface area contributed by atoms with Gasteiger partial charge in [-0.25, -0.2) is 12.7 Å². The highest BCUT2D eigenvalue weighted by Crippen LogP contribution is 2.50. The monoisotopic (exact) mass is 448 g/mol. The van der Waals surface area contributed by atoms with Crippen LogP contribution in [0.25, 0.3) is 0 Å². The smallest absolute Gasteiger partial charge is 0.234 e. The standard InChI is InChI=1S/C21H28N4O5S/c1-14-22-20(30-24-14)21-11-17(10-16(21)12-25(13-21)31(3,27)28)23-19(26)8-7-15-5-4-6-18(9-15)29-2/h4-6,9,16-17H,7-8,10-13H2,1-3H3,(H,23,26)/t16?,17-,21+/m1/s1. The van der Waals surface area contributed by atoms with Gasteiger partial charge in [-0.3, -0.25) is 4.79 Å². The highest BCUT2D eigenvalue weighted by molar-refractivity contribution is 7.88. The first kappa shape index (κ1) is 21.8. The lowest BCUT2D eigenvalue weighted by Crippen LogP contribution is -2.39. The second-order valence-electron chi connectivity index (χ2n) is 8.61. The van der Waals surface area contributed by atoms with Crippen LogP contribution in [0, 0.1) is 12.8 Å². The number of nitrogens with zero attached hydrogens (tertiary/aromatic N) is 3. The highest BCUT2D eigenvalue weighted by atomic mass is 32.2. The van der Waals surface area contributed by atoms with Gasteiger partial charge in [-0.2, -0.15) is 4.98 Å². The molecule has 1 amide bonds. The van der Waals surface area contributed by atoms with Crippen molar-refractivity contribution in [2.75, 3.05) is 26.5 Å². The van der Waals surface area contributed by atoms with E-state index in [2.05, 4.69) is 15.5 Å². The van der Waals surface area contributed by atoms with Gasteiger partial charge in [-0.15, -0.1) is 0 Å². The topological polar surface area (TPSA) is 115 Å². The number of amides is 1. The van der Waals surface area contributed by atoms with E-state index in [0.29, 0.717) is 50.5 Å². The Morgan fingerprint density at radius 2 is 2.23 bits per heavy atom. The summed E-state index contributed by atoms with van der Waals surface area (Å²) >= 11 is 0. The predicted octanol–water partition coefficient (Wildman–Crippen LogP) is 1.43. The largest absolute Gasteiger partial charge is 0.497 e. The van der Waals surface area contributed by atoms with Gasteiger partial charge < -0.3 is 14.6 Å².